The Bertz CT molecular complexity index is 777. The Morgan fingerprint density at radius 3 is 2.44 bits per heavy atom. The van der Waals surface area contributed by atoms with Crippen molar-refractivity contribution in [2.45, 2.75) is 31.3 Å². The standard InChI is InChI=1S/C21H27N3O2S/c1-15-9-11-17(12-10-15)13-22-21(26)16(2)24(3)14-20(25)23-18-7-5-6-8-19(18)27-4/h5-12,16H,13-14H2,1-4H3,(H,22,26)(H,23,25). The van der Waals surface area contributed by atoms with Gasteiger partial charge in [-0.1, -0.05) is 42.0 Å². The Kier molecular flexibility index (Phi) is 7.88. The van der Waals surface area contributed by atoms with Crippen LogP contribution in [-0.2, 0) is 16.1 Å². The van der Waals surface area contributed by atoms with Gasteiger partial charge in [0.25, 0.3) is 0 Å². The number of para-hydroxylation sites is 1. The normalized spacial score (nSPS) is 11.9. The summed E-state index contributed by atoms with van der Waals surface area (Å²) in [5, 5.41) is 5.84. The maximum absolute atomic E-state index is 12.4. The molecule has 0 aliphatic carbocycles. The highest BCUT2D eigenvalue weighted by molar-refractivity contribution is 7.98. The lowest BCUT2D eigenvalue weighted by atomic mass is 10.1. The van der Waals surface area contributed by atoms with Crippen molar-refractivity contribution < 1.29 is 9.59 Å². The third-order valence-corrected chi connectivity index (χ3v) is 5.20. The molecule has 2 aromatic rings. The van der Waals surface area contributed by atoms with Crippen LogP contribution in [-0.4, -0.2) is 42.6 Å². The molecular formula is C21H27N3O2S. The average molecular weight is 386 g/mol. The van der Waals surface area contributed by atoms with Gasteiger partial charge in [0.15, 0.2) is 0 Å². The molecule has 2 N–H and O–H groups in total. The van der Waals surface area contributed by atoms with Crippen LogP contribution in [0.5, 0.6) is 0 Å². The molecule has 6 heteroatoms. The maximum atomic E-state index is 12.4. The van der Waals surface area contributed by atoms with Gasteiger partial charge in [0, 0.05) is 11.4 Å². The molecule has 27 heavy (non-hydrogen) atoms. The summed E-state index contributed by atoms with van der Waals surface area (Å²) in [5.74, 6) is -0.243. The Labute approximate surface area is 165 Å². The minimum atomic E-state index is -0.406. The molecular weight excluding hydrogens is 358 g/mol. The molecule has 144 valence electrons. The predicted molar refractivity (Wildman–Crippen MR) is 112 cm³/mol. The lowest BCUT2D eigenvalue weighted by Crippen LogP contribution is -2.45. The number of nitrogens with one attached hydrogen (secondary N) is 2. The summed E-state index contributed by atoms with van der Waals surface area (Å²) in [7, 11) is 1.77. The number of rotatable bonds is 8. The van der Waals surface area contributed by atoms with Crippen molar-refractivity contribution in [2.24, 2.45) is 0 Å². The van der Waals surface area contributed by atoms with Crippen LogP contribution in [0.3, 0.4) is 0 Å². The Hall–Kier alpha value is -2.31. The zero-order chi connectivity index (χ0) is 19.8. The molecule has 0 saturated heterocycles. The van der Waals surface area contributed by atoms with Gasteiger partial charge in [0.05, 0.1) is 18.3 Å². The third kappa shape index (κ3) is 6.41. The molecule has 5 nitrogen and oxygen atoms in total. The molecule has 0 spiro atoms. The van der Waals surface area contributed by atoms with E-state index in [9.17, 15) is 9.59 Å². The van der Waals surface area contributed by atoms with Crippen LogP contribution in [0.1, 0.15) is 18.1 Å². The van der Waals surface area contributed by atoms with Crippen molar-refractivity contribution in [1.29, 1.82) is 0 Å². The van der Waals surface area contributed by atoms with E-state index in [-0.39, 0.29) is 18.4 Å². The molecule has 0 saturated carbocycles. The summed E-state index contributed by atoms with van der Waals surface area (Å²) < 4.78 is 0. The van der Waals surface area contributed by atoms with Crippen molar-refractivity contribution >= 4 is 29.3 Å². The summed E-state index contributed by atoms with van der Waals surface area (Å²) in [4.78, 5) is 27.5. The molecule has 2 rings (SSSR count). The highest BCUT2D eigenvalue weighted by Gasteiger charge is 2.20. The Morgan fingerprint density at radius 1 is 1.11 bits per heavy atom. The number of carbonyl (C=O) groups is 2. The van der Waals surface area contributed by atoms with E-state index >= 15 is 0 Å². The fourth-order valence-electron chi connectivity index (χ4n) is 2.54. The zero-order valence-corrected chi connectivity index (χ0v) is 17.1. The SMILES string of the molecule is CSc1ccccc1NC(=O)CN(C)C(C)C(=O)NCc1ccc(C)cc1. The van der Waals surface area contributed by atoms with E-state index in [4.69, 9.17) is 0 Å². The molecule has 0 aliphatic rings. The first-order valence-electron chi connectivity index (χ1n) is 8.87. The van der Waals surface area contributed by atoms with E-state index in [1.54, 1.807) is 30.6 Å². The monoisotopic (exact) mass is 385 g/mol. The van der Waals surface area contributed by atoms with E-state index in [0.29, 0.717) is 6.54 Å². The van der Waals surface area contributed by atoms with E-state index < -0.39 is 6.04 Å². The molecule has 0 bridgehead atoms. The van der Waals surface area contributed by atoms with Gasteiger partial charge >= 0.3 is 0 Å². The van der Waals surface area contributed by atoms with Crippen molar-refractivity contribution in [2.75, 3.05) is 25.2 Å². The van der Waals surface area contributed by atoms with Gasteiger partial charge in [0.2, 0.25) is 11.8 Å². The molecule has 2 amide bonds. The molecule has 0 heterocycles. The number of carbonyl (C=O) groups excluding carboxylic acids is 2. The molecule has 0 aromatic heterocycles. The van der Waals surface area contributed by atoms with E-state index in [2.05, 4.69) is 10.6 Å². The highest BCUT2D eigenvalue weighted by Crippen LogP contribution is 2.24. The Morgan fingerprint density at radius 2 is 1.78 bits per heavy atom. The van der Waals surface area contributed by atoms with E-state index in [1.807, 2.05) is 61.7 Å². The van der Waals surface area contributed by atoms with Gasteiger partial charge in [-0.25, -0.2) is 0 Å². The quantitative estimate of drug-likeness (QED) is 0.685. The molecule has 1 unspecified atom stereocenters. The first-order chi connectivity index (χ1) is 12.9. The number of benzene rings is 2. The second-order valence-electron chi connectivity index (χ2n) is 6.54. The maximum Gasteiger partial charge on any atom is 0.238 e. The van der Waals surface area contributed by atoms with Crippen LogP contribution in [0, 0.1) is 6.92 Å². The lowest BCUT2D eigenvalue weighted by Gasteiger charge is -2.23. The topological polar surface area (TPSA) is 61.4 Å². The number of nitrogens with zero attached hydrogens (tertiary/aromatic N) is 1. The number of amides is 2. The van der Waals surface area contributed by atoms with Crippen molar-refractivity contribution in [1.82, 2.24) is 10.2 Å². The first-order valence-corrected chi connectivity index (χ1v) is 10.1. The number of hydrogen-bond acceptors (Lipinski definition) is 4. The van der Waals surface area contributed by atoms with Crippen molar-refractivity contribution in [3.05, 3.63) is 59.7 Å². The van der Waals surface area contributed by atoms with Gasteiger partial charge in [0.1, 0.15) is 0 Å². The smallest absolute Gasteiger partial charge is 0.238 e. The molecule has 0 fully saturated rings. The minimum absolute atomic E-state index is 0.101. The zero-order valence-electron chi connectivity index (χ0n) is 16.3. The third-order valence-electron chi connectivity index (χ3n) is 4.40. The fourth-order valence-corrected chi connectivity index (χ4v) is 3.10. The second kappa shape index (κ2) is 10.1. The van der Waals surface area contributed by atoms with Crippen LogP contribution < -0.4 is 10.6 Å². The fraction of sp³-hybridized carbons (Fsp3) is 0.333. The van der Waals surface area contributed by atoms with Crippen molar-refractivity contribution in [3.63, 3.8) is 0 Å². The van der Waals surface area contributed by atoms with Gasteiger partial charge < -0.3 is 10.6 Å². The first kappa shape index (κ1) is 21.0. The van der Waals surface area contributed by atoms with Crippen molar-refractivity contribution in [3.8, 4) is 0 Å². The summed E-state index contributed by atoms with van der Waals surface area (Å²) in [6.45, 7) is 4.45. The van der Waals surface area contributed by atoms with Gasteiger partial charge in [-0.2, -0.15) is 0 Å². The van der Waals surface area contributed by atoms with Crippen LogP contribution in [0.4, 0.5) is 5.69 Å². The summed E-state index contributed by atoms with van der Waals surface area (Å²) in [6.07, 6.45) is 1.97. The van der Waals surface area contributed by atoms with Gasteiger partial charge in [-0.15, -0.1) is 11.8 Å². The largest absolute Gasteiger partial charge is 0.351 e. The Balaban J connectivity index is 1.84. The van der Waals surface area contributed by atoms with E-state index in [1.165, 1.54) is 5.56 Å². The van der Waals surface area contributed by atoms with Crippen LogP contribution in [0.2, 0.25) is 0 Å². The molecule has 2 aromatic carbocycles. The number of likely N-dealkylation sites (N-methyl/N-ethyl adjacent to an activating group) is 1. The summed E-state index contributed by atoms with van der Waals surface area (Å²) in [6, 6.07) is 15.3. The predicted octanol–water partition coefficient (Wildman–Crippen LogP) is 3.29. The molecule has 0 aliphatic heterocycles. The highest BCUT2D eigenvalue weighted by atomic mass is 32.2. The number of hydrogen-bond donors (Lipinski definition) is 2. The van der Waals surface area contributed by atoms with Gasteiger partial charge in [-0.05, 0) is 44.8 Å². The number of aryl methyl sites for hydroxylation is 1. The van der Waals surface area contributed by atoms with Crippen LogP contribution in [0.15, 0.2) is 53.4 Å². The minimum Gasteiger partial charge on any atom is -0.351 e. The average Bonchev–Trinajstić information content (AvgIpc) is 2.67. The number of thioether (sulfide) groups is 1. The molecule has 1 atom stereocenters. The van der Waals surface area contributed by atoms with E-state index in [0.717, 1.165) is 16.1 Å². The van der Waals surface area contributed by atoms with Crippen LogP contribution in [0.25, 0.3) is 0 Å². The number of anilines is 1. The molecule has 0 radical (unpaired) electrons. The lowest BCUT2D eigenvalue weighted by molar-refractivity contribution is -0.126. The van der Waals surface area contributed by atoms with Crippen LogP contribution >= 0.6 is 11.8 Å². The second-order valence-corrected chi connectivity index (χ2v) is 7.39. The summed E-state index contributed by atoms with van der Waals surface area (Å²) in [5.41, 5.74) is 3.03. The summed E-state index contributed by atoms with van der Waals surface area (Å²) >= 11 is 1.58. The van der Waals surface area contributed by atoms with Gasteiger partial charge in [-0.3, -0.25) is 14.5 Å².